The summed E-state index contributed by atoms with van der Waals surface area (Å²) in [6.07, 6.45) is -0.673. The van der Waals surface area contributed by atoms with Crippen molar-refractivity contribution < 1.29 is 43.1 Å². The van der Waals surface area contributed by atoms with Gasteiger partial charge in [-0.1, -0.05) is 0 Å². The van der Waals surface area contributed by atoms with Crippen LogP contribution in [0.2, 0.25) is 0 Å². The molecule has 0 saturated carbocycles. The van der Waals surface area contributed by atoms with Gasteiger partial charge in [0.25, 0.3) is 0 Å². The van der Waals surface area contributed by atoms with Crippen LogP contribution in [0.15, 0.2) is 36.4 Å². The molecule has 5 nitrogen and oxygen atoms in total. The average molecular weight is 552 g/mol. The van der Waals surface area contributed by atoms with Gasteiger partial charge in [-0.15, -0.1) is 0 Å². The third-order valence-corrected chi connectivity index (χ3v) is 5.14. The van der Waals surface area contributed by atoms with Gasteiger partial charge in [0, 0.05) is 0 Å². The van der Waals surface area contributed by atoms with E-state index >= 15 is 0 Å². The first-order valence-corrected chi connectivity index (χ1v) is 9.31. The number of hydrogen-bond acceptors (Lipinski definition) is 3. The van der Waals surface area contributed by atoms with E-state index in [0.717, 1.165) is 18.9 Å². The quantitative estimate of drug-likeness (QED) is 0.628. The molecule has 1 aliphatic heterocycles. The van der Waals surface area contributed by atoms with Gasteiger partial charge in [0.05, 0.1) is 0 Å². The Morgan fingerprint density at radius 1 is 1.35 bits per heavy atom. The van der Waals surface area contributed by atoms with Gasteiger partial charge < -0.3 is 0 Å². The monoisotopic (exact) mass is 552 g/mol. The number of hydrogen-bond donors (Lipinski definition) is 1. The molecule has 1 N–H and O–H groups in total. The number of halogens is 2. The van der Waals surface area contributed by atoms with Crippen LogP contribution in [0.25, 0.3) is 10.8 Å². The second kappa shape index (κ2) is 7.24. The Morgan fingerprint density at radius 2 is 2.12 bits per heavy atom. The molecule has 134 valence electrons. The SMILES string of the molecule is N#C[C@@H]1CC(F)(F)CN1C(=O)CNC(=O)c1cccc2cc([At])ccc12. The fourth-order valence-corrected chi connectivity index (χ4v) is 3.70. The number of nitrogens with one attached hydrogen (secondary N) is 1. The van der Waals surface area contributed by atoms with Crippen LogP contribution < -0.4 is 8.59 Å². The molecule has 1 saturated heterocycles. The van der Waals surface area contributed by atoms with Gasteiger partial charge in [-0.2, -0.15) is 5.26 Å². The van der Waals surface area contributed by atoms with Crippen molar-refractivity contribution in [3.63, 3.8) is 0 Å². The van der Waals surface area contributed by atoms with Gasteiger partial charge in [0.2, 0.25) is 0 Å². The van der Waals surface area contributed by atoms with E-state index in [9.17, 15) is 18.4 Å². The maximum atomic E-state index is 13.4. The number of amides is 2. The van der Waals surface area contributed by atoms with Gasteiger partial charge >= 0.3 is 150 Å². The molecule has 0 unspecified atom stereocenters. The number of benzene rings is 2. The van der Waals surface area contributed by atoms with Crippen molar-refractivity contribution in [1.29, 1.82) is 5.26 Å². The average Bonchev–Trinajstić information content (AvgIpc) is 2.93. The van der Waals surface area contributed by atoms with Crippen molar-refractivity contribution in [1.82, 2.24) is 10.2 Å². The van der Waals surface area contributed by atoms with Crippen LogP contribution in [0, 0.1) is 36.1 Å². The zero-order valence-corrected chi connectivity index (χ0v) is 16.4. The zero-order valence-electron chi connectivity index (χ0n) is 13.5. The number of carbonyl (C=O) groups is 2. The minimum atomic E-state index is -3.07. The third kappa shape index (κ3) is 3.83. The van der Waals surface area contributed by atoms with Crippen LogP contribution in [-0.4, -0.2) is 41.8 Å². The zero-order chi connectivity index (χ0) is 18.9. The van der Waals surface area contributed by atoms with Gasteiger partial charge in [-0.05, 0) is 0 Å². The number of carbonyl (C=O) groups excluding carboxylic acids is 2. The van der Waals surface area contributed by atoms with Crippen LogP contribution in [0.5, 0.6) is 0 Å². The van der Waals surface area contributed by atoms with Crippen LogP contribution >= 0.6 is 0 Å². The molecule has 0 bridgehead atoms. The van der Waals surface area contributed by atoms with Crippen molar-refractivity contribution in [2.45, 2.75) is 18.4 Å². The molecule has 2 aromatic rings. The number of alkyl halides is 2. The fraction of sp³-hybridized carbons (Fsp3) is 0.278. The van der Waals surface area contributed by atoms with E-state index in [4.69, 9.17) is 5.26 Å². The summed E-state index contributed by atoms with van der Waals surface area (Å²) in [5.41, 5.74) is 0.408. The van der Waals surface area contributed by atoms with Crippen LogP contribution in [-0.2, 0) is 4.79 Å². The number of likely N-dealkylation sites (tertiary alicyclic amines) is 1. The van der Waals surface area contributed by atoms with Gasteiger partial charge in [-0.25, -0.2) is 8.78 Å². The molecule has 3 rings (SSSR count). The van der Waals surface area contributed by atoms with E-state index < -0.39 is 43.3 Å². The molecule has 1 heterocycles. The Balaban J connectivity index is 1.72. The van der Waals surface area contributed by atoms with E-state index in [1.807, 2.05) is 24.3 Å². The molecule has 1 aliphatic rings. The molecule has 0 radical (unpaired) electrons. The molecule has 0 aromatic heterocycles. The van der Waals surface area contributed by atoms with Crippen molar-refractivity contribution in [2.24, 2.45) is 0 Å². The standard InChI is InChI=1S/C18H14AtF2N3O2/c19-12-4-5-14-11(6-12)2-1-3-15(14)17(26)23-9-16(25)24-10-18(20,21)7-13(24)8-22/h1-6,13H,7,9-10H2,(H,23,26)/t13-/m0/s1. The second-order valence-corrected chi connectivity index (χ2v) is 7.78. The third-order valence-electron chi connectivity index (χ3n) is 4.23. The first kappa shape index (κ1) is 18.7. The van der Waals surface area contributed by atoms with Crippen LogP contribution in [0.3, 0.4) is 0 Å². The summed E-state index contributed by atoms with van der Waals surface area (Å²) < 4.78 is 28.0. The number of fused-ring (bicyclic) bond motifs is 1. The molecule has 1 atom stereocenters. The number of nitrogens with zero attached hydrogens (tertiary/aromatic N) is 2. The summed E-state index contributed by atoms with van der Waals surface area (Å²) in [5, 5.41) is 13.1. The topological polar surface area (TPSA) is 73.2 Å². The van der Waals surface area contributed by atoms with Crippen molar-refractivity contribution in [2.75, 3.05) is 13.1 Å². The van der Waals surface area contributed by atoms with Crippen molar-refractivity contribution in [3.8, 4) is 6.07 Å². The molecule has 2 amide bonds. The normalized spacial score (nSPS) is 18.5. The first-order valence-electron chi connectivity index (χ1n) is 7.84. The summed E-state index contributed by atoms with van der Waals surface area (Å²) in [5.74, 6) is -4.23. The van der Waals surface area contributed by atoms with Crippen molar-refractivity contribution in [3.05, 3.63) is 42.0 Å². The minimum absolute atomic E-state index is 0.408. The predicted octanol–water partition coefficient (Wildman–Crippen LogP) is 1.50. The maximum absolute atomic E-state index is 13.4. The Morgan fingerprint density at radius 3 is 2.85 bits per heavy atom. The Bertz CT molecular complexity index is 926. The molecule has 1 fully saturated rings. The fourth-order valence-electron chi connectivity index (χ4n) is 3.00. The Hall–Kier alpha value is -2.13. The van der Waals surface area contributed by atoms with E-state index in [1.54, 1.807) is 18.2 Å². The molecule has 8 heteroatoms. The molecular formula is C18H14AtF2N3O2. The molecule has 0 aliphatic carbocycles. The summed E-state index contributed by atoms with van der Waals surface area (Å²) in [7, 11) is 0. The van der Waals surface area contributed by atoms with Gasteiger partial charge in [0.15, 0.2) is 0 Å². The first-order chi connectivity index (χ1) is 12.3. The number of nitriles is 1. The van der Waals surface area contributed by atoms with Crippen LogP contribution in [0.4, 0.5) is 8.78 Å². The summed E-state index contributed by atoms with van der Waals surface area (Å²) in [6, 6.07) is 11.5. The second-order valence-electron chi connectivity index (χ2n) is 6.08. The Kier molecular flexibility index (Phi) is 5.20. The predicted molar refractivity (Wildman–Crippen MR) is 86.6 cm³/mol. The summed E-state index contributed by atoms with van der Waals surface area (Å²) in [6.45, 7) is -1.23. The number of rotatable bonds is 3. The molecule has 26 heavy (non-hydrogen) atoms. The van der Waals surface area contributed by atoms with E-state index in [0.29, 0.717) is 5.56 Å². The Labute approximate surface area is 163 Å². The molecule has 2 aromatic carbocycles. The van der Waals surface area contributed by atoms with Crippen LogP contribution in [0.1, 0.15) is 16.8 Å². The summed E-state index contributed by atoms with van der Waals surface area (Å²) in [4.78, 5) is 25.5. The molecular weight excluding hydrogens is 538 g/mol. The van der Waals surface area contributed by atoms with Crippen molar-refractivity contribution >= 4 is 25.9 Å². The van der Waals surface area contributed by atoms with Gasteiger partial charge in [0.1, 0.15) is 0 Å². The summed E-state index contributed by atoms with van der Waals surface area (Å²) >= 11 is 1.53. The van der Waals surface area contributed by atoms with Gasteiger partial charge in [-0.3, -0.25) is 0 Å². The van der Waals surface area contributed by atoms with E-state index in [1.165, 1.54) is 24.7 Å². The van der Waals surface area contributed by atoms with E-state index in [-0.39, 0.29) is 0 Å². The molecule has 0 spiro atoms. The van der Waals surface area contributed by atoms with E-state index in [2.05, 4.69) is 5.32 Å².